The van der Waals surface area contributed by atoms with Crippen LogP contribution >= 0.6 is 15.9 Å². The zero-order valence-corrected chi connectivity index (χ0v) is 9.62. The van der Waals surface area contributed by atoms with Gasteiger partial charge in [-0.1, -0.05) is 0 Å². The van der Waals surface area contributed by atoms with Crippen LogP contribution in [0.4, 0.5) is 10.2 Å². The van der Waals surface area contributed by atoms with Gasteiger partial charge in [0.15, 0.2) is 0 Å². The van der Waals surface area contributed by atoms with E-state index in [9.17, 15) is 4.39 Å². The number of nitrogens with two attached hydrogens (primary N) is 1. The fraction of sp³-hybridized carbons (Fsp3) is 0.100. The topological polar surface area (TPSA) is 43.8 Å². The molecule has 0 amide bonds. The lowest BCUT2D eigenvalue weighted by atomic mass is 10.1. The second-order valence-electron chi connectivity index (χ2n) is 3.20. The molecule has 78 valence electrons. The Bertz CT molecular complexity index is 488. The van der Waals surface area contributed by atoms with Crippen LogP contribution in [0.3, 0.4) is 0 Å². The van der Waals surface area contributed by atoms with Gasteiger partial charge in [0.1, 0.15) is 11.6 Å². The standard InChI is InChI=1S/C10H9BrFN3/c1-15-10(13)5-9(14-15)7-3-2-6(12)4-8(7)11/h2-5H,13H2,1H3. The summed E-state index contributed by atoms with van der Waals surface area (Å²) in [6, 6.07) is 6.21. The van der Waals surface area contributed by atoms with Crippen LogP contribution in [-0.4, -0.2) is 9.78 Å². The summed E-state index contributed by atoms with van der Waals surface area (Å²) in [5.74, 6) is 0.288. The summed E-state index contributed by atoms with van der Waals surface area (Å²) in [6.07, 6.45) is 0. The number of nitrogen functional groups attached to an aromatic ring is 1. The summed E-state index contributed by atoms with van der Waals surface area (Å²) < 4.78 is 15.1. The average molecular weight is 270 g/mol. The molecule has 0 radical (unpaired) electrons. The Morgan fingerprint density at radius 1 is 1.40 bits per heavy atom. The first kappa shape index (κ1) is 10.2. The van der Waals surface area contributed by atoms with Crippen LogP contribution in [0.15, 0.2) is 28.7 Å². The van der Waals surface area contributed by atoms with Crippen LogP contribution in [0.1, 0.15) is 0 Å². The fourth-order valence-corrected chi connectivity index (χ4v) is 1.86. The van der Waals surface area contributed by atoms with Crippen LogP contribution in [0.2, 0.25) is 0 Å². The number of aryl methyl sites for hydroxylation is 1. The molecule has 15 heavy (non-hydrogen) atoms. The zero-order chi connectivity index (χ0) is 11.0. The lowest BCUT2D eigenvalue weighted by Gasteiger charge is -1.99. The Kier molecular flexibility index (Phi) is 2.48. The molecule has 0 aliphatic heterocycles. The number of hydrogen-bond donors (Lipinski definition) is 1. The number of anilines is 1. The molecular formula is C10H9BrFN3. The highest BCUT2D eigenvalue weighted by Gasteiger charge is 2.08. The maximum Gasteiger partial charge on any atom is 0.124 e. The van der Waals surface area contributed by atoms with E-state index < -0.39 is 0 Å². The molecule has 2 aromatic rings. The molecule has 0 spiro atoms. The third-order valence-electron chi connectivity index (χ3n) is 2.12. The molecule has 3 nitrogen and oxygen atoms in total. The van der Waals surface area contributed by atoms with Crippen LogP contribution in [0, 0.1) is 5.82 Å². The SMILES string of the molecule is Cn1nc(-c2ccc(F)cc2Br)cc1N. The molecule has 1 aromatic heterocycles. The molecule has 0 aliphatic rings. The van der Waals surface area contributed by atoms with Crippen LogP contribution in [0.25, 0.3) is 11.3 Å². The predicted octanol–water partition coefficient (Wildman–Crippen LogP) is 2.57. The van der Waals surface area contributed by atoms with Crippen molar-refractivity contribution in [1.29, 1.82) is 0 Å². The summed E-state index contributed by atoms with van der Waals surface area (Å²) in [5.41, 5.74) is 7.22. The van der Waals surface area contributed by atoms with Crippen molar-refractivity contribution in [3.05, 3.63) is 34.6 Å². The lowest BCUT2D eigenvalue weighted by molar-refractivity contribution is 0.627. The van der Waals surface area contributed by atoms with Gasteiger partial charge < -0.3 is 5.73 Å². The predicted molar refractivity (Wildman–Crippen MR) is 60.7 cm³/mol. The summed E-state index contributed by atoms with van der Waals surface area (Å²) in [5, 5.41) is 4.21. The highest BCUT2D eigenvalue weighted by molar-refractivity contribution is 9.10. The minimum atomic E-state index is -0.283. The van der Waals surface area contributed by atoms with Crippen LogP contribution in [-0.2, 0) is 7.05 Å². The Hall–Kier alpha value is -1.36. The maximum atomic E-state index is 12.9. The number of hydrogen-bond acceptors (Lipinski definition) is 2. The van der Waals surface area contributed by atoms with E-state index in [1.807, 2.05) is 0 Å². The number of benzene rings is 1. The number of aromatic nitrogens is 2. The molecule has 0 saturated heterocycles. The van der Waals surface area contributed by atoms with E-state index in [0.29, 0.717) is 10.3 Å². The van der Waals surface area contributed by atoms with Crippen molar-refractivity contribution >= 4 is 21.7 Å². The van der Waals surface area contributed by atoms with E-state index in [1.165, 1.54) is 12.1 Å². The lowest BCUT2D eigenvalue weighted by Crippen LogP contribution is -1.96. The van der Waals surface area contributed by atoms with Crippen molar-refractivity contribution in [2.45, 2.75) is 0 Å². The molecule has 2 N–H and O–H groups in total. The van der Waals surface area contributed by atoms with Gasteiger partial charge in [-0.25, -0.2) is 4.39 Å². The molecule has 1 heterocycles. The van der Waals surface area contributed by atoms with Gasteiger partial charge in [-0.05, 0) is 34.1 Å². The van der Waals surface area contributed by atoms with Crippen molar-refractivity contribution < 1.29 is 4.39 Å². The number of nitrogens with zero attached hydrogens (tertiary/aromatic N) is 2. The Morgan fingerprint density at radius 3 is 2.67 bits per heavy atom. The average Bonchev–Trinajstić information content (AvgIpc) is 2.46. The second-order valence-corrected chi connectivity index (χ2v) is 4.06. The summed E-state index contributed by atoms with van der Waals surface area (Å²) in [4.78, 5) is 0. The van der Waals surface area contributed by atoms with Gasteiger partial charge in [0.05, 0.1) is 5.69 Å². The van der Waals surface area contributed by atoms with Gasteiger partial charge in [-0.2, -0.15) is 5.10 Å². The minimum Gasteiger partial charge on any atom is -0.384 e. The molecule has 2 rings (SSSR count). The van der Waals surface area contributed by atoms with Gasteiger partial charge in [0, 0.05) is 23.2 Å². The molecule has 5 heteroatoms. The van der Waals surface area contributed by atoms with Crippen LogP contribution in [0.5, 0.6) is 0 Å². The van der Waals surface area contributed by atoms with Gasteiger partial charge in [0.25, 0.3) is 0 Å². The summed E-state index contributed by atoms with van der Waals surface area (Å²) in [7, 11) is 1.76. The third-order valence-corrected chi connectivity index (χ3v) is 2.78. The molecular weight excluding hydrogens is 261 g/mol. The van der Waals surface area contributed by atoms with Gasteiger partial charge in [-0.3, -0.25) is 4.68 Å². The van der Waals surface area contributed by atoms with Crippen LogP contribution < -0.4 is 5.73 Å². The number of halogens is 2. The third kappa shape index (κ3) is 1.87. The summed E-state index contributed by atoms with van der Waals surface area (Å²) in [6.45, 7) is 0. The van der Waals surface area contributed by atoms with Gasteiger partial charge >= 0.3 is 0 Å². The van der Waals surface area contributed by atoms with Crippen molar-refractivity contribution in [3.63, 3.8) is 0 Å². The summed E-state index contributed by atoms with van der Waals surface area (Å²) >= 11 is 3.29. The van der Waals surface area contributed by atoms with Crippen molar-refractivity contribution in [3.8, 4) is 11.3 Å². The number of rotatable bonds is 1. The Labute approximate surface area is 94.8 Å². The van der Waals surface area contributed by atoms with E-state index in [4.69, 9.17) is 5.73 Å². The largest absolute Gasteiger partial charge is 0.384 e. The monoisotopic (exact) mass is 269 g/mol. The van der Waals surface area contributed by atoms with Crippen molar-refractivity contribution in [2.75, 3.05) is 5.73 Å². The first-order valence-electron chi connectivity index (χ1n) is 4.33. The van der Waals surface area contributed by atoms with Crippen molar-refractivity contribution in [1.82, 2.24) is 9.78 Å². The first-order chi connectivity index (χ1) is 7.08. The molecule has 0 bridgehead atoms. The van der Waals surface area contributed by atoms with E-state index in [2.05, 4.69) is 21.0 Å². The normalized spacial score (nSPS) is 10.6. The molecule has 0 fully saturated rings. The Morgan fingerprint density at radius 2 is 2.13 bits per heavy atom. The van der Waals surface area contributed by atoms with E-state index >= 15 is 0 Å². The van der Waals surface area contributed by atoms with Gasteiger partial charge in [-0.15, -0.1) is 0 Å². The van der Waals surface area contributed by atoms with E-state index in [0.717, 1.165) is 11.3 Å². The highest BCUT2D eigenvalue weighted by Crippen LogP contribution is 2.28. The zero-order valence-electron chi connectivity index (χ0n) is 8.04. The molecule has 0 atom stereocenters. The highest BCUT2D eigenvalue weighted by atomic mass is 79.9. The fourth-order valence-electron chi connectivity index (χ4n) is 1.31. The second kappa shape index (κ2) is 3.66. The molecule has 0 aliphatic carbocycles. The van der Waals surface area contributed by atoms with E-state index in [1.54, 1.807) is 23.9 Å². The maximum absolute atomic E-state index is 12.9. The quantitative estimate of drug-likeness (QED) is 0.865. The molecule has 1 aromatic carbocycles. The molecule has 0 saturated carbocycles. The van der Waals surface area contributed by atoms with Crippen molar-refractivity contribution in [2.24, 2.45) is 7.05 Å². The first-order valence-corrected chi connectivity index (χ1v) is 5.12. The van der Waals surface area contributed by atoms with Gasteiger partial charge in [0.2, 0.25) is 0 Å². The molecule has 0 unspecified atom stereocenters. The smallest absolute Gasteiger partial charge is 0.124 e. The Balaban J connectivity index is 2.54. The minimum absolute atomic E-state index is 0.283. The van der Waals surface area contributed by atoms with E-state index in [-0.39, 0.29) is 5.82 Å².